The normalized spacial score (nSPS) is 19.6. The second-order valence-electron chi connectivity index (χ2n) is 3.17. The molecule has 0 unspecified atom stereocenters. The van der Waals surface area contributed by atoms with E-state index < -0.39 is 7.32 Å². The Bertz CT molecular complexity index is 198. The van der Waals surface area contributed by atoms with Crippen molar-refractivity contribution >= 4 is 13.3 Å². The molecule has 2 heterocycles. The maximum absolute atomic E-state index is 7.17. The van der Waals surface area contributed by atoms with Crippen LogP contribution in [0.3, 0.4) is 0 Å². The molecular formula is C7H16BN3O3. The van der Waals surface area contributed by atoms with E-state index in [1.54, 1.807) is 0 Å². The lowest BCUT2D eigenvalue weighted by Gasteiger charge is -2.33. The van der Waals surface area contributed by atoms with E-state index in [1.807, 2.05) is 0 Å². The van der Waals surface area contributed by atoms with Crippen LogP contribution in [0.1, 0.15) is 12.8 Å². The third-order valence-corrected chi connectivity index (χ3v) is 2.04. The van der Waals surface area contributed by atoms with Crippen LogP contribution in [0.15, 0.2) is 4.99 Å². The molecule has 2 aliphatic heterocycles. The van der Waals surface area contributed by atoms with E-state index in [0.29, 0.717) is 0 Å². The number of guanidine groups is 1. The van der Waals surface area contributed by atoms with Crippen molar-refractivity contribution in [1.29, 1.82) is 0 Å². The van der Waals surface area contributed by atoms with Gasteiger partial charge >= 0.3 is 7.32 Å². The quantitative estimate of drug-likeness (QED) is 0.340. The maximum atomic E-state index is 7.17. The second-order valence-corrected chi connectivity index (χ2v) is 3.17. The molecular weight excluding hydrogens is 185 g/mol. The lowest BCUT2D eigenvalue weighted by atomic mass is 10.2. The Morgan fingerprint density at radius 2 is 1.86 bits per heavy atom. The van der Waals surface area contributed by atoms with E-state index in [-0.39, 0.29) is 0 Å². The van der Waals surface area contributed by atoms with Crippen molar-refractivity contribution in [2.75, 3.05) is 26.2 Å². The highest BCUT2D eigenvalue weighted by Gasteiger charge is 2.17. The first-order valence-corrected chi connectivity index (χ1v) is 4.77. The Balaban J connectivity index is 0.000000213. The third kappa shape index (κ3) is 3.95. The molecule has 4 N–H and O–H groups in total. The Morgan fingerprint density at radius 1 is 1.21 bits per heavy atom. The molecule has 14 heavy (non-hydrogen) atoms. The van der Waals surface area contributed by atoms with Gasteiger partial charge in [0.25, 0.3) is 0 Å². The lowest BCUT2D eigenvalue weighted by Crippen LogP contribution is -2.49. The maximum Gasteiger partial charge on any atom is 0.631 e. The zero-order chi connectivity index (χ0) is 10.4. The monoisotopic (exact) mass is 201 g/mol. The number of nitrogens with zero attached hydrogens (tertiary/aromatic N) is 2. The fourth-order valence-corrected chi connectivity index (χ4v) is 1.51. The minimum absolute atomic E-state index is 1.01. The molecule has 0 amide bonds. The average Bonchev–Trinajstić information content (AvgIpc) is 2.17. The zero-order valence-corrected chi connectivity index (χ0v) is 8.06. The van der Waals surface area contributed by atoms with Crippen molar-refractivity contribution in [3.8, 4) is 0 Å². The topological polar surface area (TPSA) is 88.3 Å². The van der Waals surface area contributed by atoms with Gasteiger partial charge in [0, 0.05) is 26.2 Å². The Morgan fingerprint density at radius 3 is 2.50 bits per heavy atom. The van der Waals surface area contributed by atoms with Gasteiger partial charge in [-0.05, 0) is 12.8 Å². The van der Waals surface area contributed by atoms with Gasteiger partial charge in [0.05, 0.1) is 0 Å². The van der Waals surface area contributed by atoms with E-state index in [2.05, 4.69) is 15.2 Å². The molecule has 1 fully saturated rings. The summed E-state index contributed by atoms with van der Waals surface area (Å²) in [5.74, 6) is 1.14. The molecule has 0 aromatic heterocycles. The molecule has 0 aliphatic carbocycles. The zero-order valence-electron chi connectivity index (χ0n) is 8.06. The van der Waals surface area contributed by atoms with Crippen LogP contribution in [0.5, 0.6) is 0 Å². The molecule has 0 aromatic rings. The van der Waals surface area contributed by atoms with Crippen LogP contribution >= 0.6 is 0 Å². The number of aliphatic imine (C=N–C) groups is 1. The summed E-state index contributed by atoms with van der Waals surface area (Å²) >= 11 is 0. The molecule has 7 heteroatoms. The predicted molar refractivity (Wildman–Crippen MR) is 53.5 cm³/mol. The molecule has 0 radical (unpaired) electrons. The Labute approximate surface area is 83.4 Å². The number of hydrogen-bond donors (Lipinski definition) is 4. The lowest BCUT2D eigenvalue weighted by molar-refractivity contribution is 0.278. The van der Waals surface area contributed by atoms with Crippen molar-refractivity contribution in [1.82, 2.24) is 10.2 Å². The van der Waals surface area contributed by atoms with E-state index in [9.17, 15) is 0 Å². The van der Waals surface area contributed by atoms with Crippen LogP contribution < -0.4 is 5.32 Å². The highest BCUT2D eigenvalue weighted by molar-refractivity contribution is 6.30. The largest absolute Gasteiger partial charge is 0.631 e. The molecule has 80 valence electrons. The van der Waals surface area contributed by atoms with Crippen LogP contribution in [0, 0.1) is 0 Å². The average molecular weight is 201 g/mol. The molecule has 0 bridgehead atoms. The van der Waals surface area contributed by atoms with Gasteiger partial charge in [-0.25, -0.2) is 0 Å². The molecule has 2 rings (SSSR count). The van der Waals surface area contributed by atoms with Crippen LogP contribution in [0.2, 0.25) is 0 Å². The Hall–Kier alpha value is -0.785. The minimum Gasteiger partial charge on any atom is -0.402 e. The van der Waals surface area contributed by atoms with Crippen LogP contribution in [-0.4, -0.2) is 59.4 Å². The van der Waals surface area contributed by atoms with Gasteiger partial charge in [-0.3, -0.25) is 4.99 Å². The molecule has 0 aromatic carbocycles. The van der Waals surface area contributed by atoms with Crippen molar-refractivity contribution in [3.05, 3.63) is 0 Å². The number of hydrogen-bond acceptors (Lipinski definition) is 6. The fraction of sp³-hybridized carbons (Fsp3) is 0.857. The minimum atomic E-state index is -2.17. The SMILES string of the molecule is C1CN=C2NCCCN2C1.OB(O)O. The van der Waals surface area contributed by atoms with Gasteiger partial charge in [0.1, 0.15) is 0 Å². The molecule has 0 spiro atoms. The van der Waals surface area contributed by atoms with Gasteiger partial charge in [-0.1, -0.05) is 0 Å². The molecule has 2 aliphatic rings. The van der Waals surface area contributed by atoms with Gasteiger partial charge in [0.15, 0.2) is 5.96 Å². The summed E-state index contributed by atoms with van der Waals surface area (Å²) in [6.45, 7) is 4.52. The number of rotatable bonds is 0. The molecule has 0 atom stereocenters. The van der Waals surface area contributed by atoms with Crippen molar-refractivity contribution in [2.24, 2.45) is 4.99 Å². The predicted octanol–water partition coefficient (Wildman–Crippen LogP) is -2.01. The van der Waals surface area contributed by atoms with Crippen molar-refractivity contribution in [3.63, 3.8) is 0 Å². The van der Waals surface area contributed by atoms with E-state index in [4.69, 9.17) is 15.1 Å². The van der Waals surface area contributed by atoms with Crippen LogP contribution in [0.4, 0.5) is 0 Å². The van der Waals surface area contributed by atoms with E-state index in [0.717, 1.165) is 19.0 Å². The van der Waals surface area contributed by atoms with Crippen molar-refractivity contribution in [2.45, 2.75) is 12.8 Å². The summed E-state index contributed by atoms with van der Waals surface area (Å²) in [6.07, 6.45) is 2.49. The second kappa shape index (κ2) is 5.84. The summed E-state index contributed by atoms with van der Waals surface area (Å²) in [4.78, 5) is 6.72. The smallest absolute Gasteiger partial charge is 0.402 e. The number of nitrogens with one attached hydrogen (secondary N) is 1. The summed E-state index contributed by atoms with van der Waals surface area (Å²) in [6, 6.07) is 0. The summed E-state index contributed by atoms with van der Waals surface area (Å²) < 4.78 is 0. The third-order valence-electron chi connectivity index (χ3n) is 2.04. The Kier molecular flexibility index (Phi) is 4.71. The number of fused-ring (bicyclic) bond motifs is 1. The standard InChI is InChI=1S/C7H13N3.BH3O3/c1-3-8-7-9-4-2-6-10(7)5-1;2-1(3)4/h1-6H2,(H,8,9);2-4H. The first-order chi connectivity index (χ1) is 6.70. The highest BCUT2D eigenvalue weighted by Crippen LogP contribution is 2.05. The van der Waals surface area contributed by atoms with Gasteiger partial charge in [-0.2, -0.15) is 0 Å². The first-order valence-electron chi connectivity index (χ1n) is 4.77. The van der Waals surface area contributed by atoms with Gasteiger partial charge < -0.3 is 25.3 Å². The first kappa shape index (κ1) is 11.3. The molecule has 6 nitrogen and oxygen atoms in total. The fourth-order valence-electron chi connectivity index (χ4n) is 1.51. The van der Waals surface area contributed by atoms with Crippen molar-refractivity contribution < 1.29 is 15.1 Å². The van der Waals surface area contributed by atoms with Gasteiger partial charge in [0.2, 0.25) is 0 Å². The van der Waals surface area contributed by atoms with E-state index in [1.165, 1.54) is 25.9 Å². The molecule has 1 saturated heterocycles. The summed E-state index contributed by atoms with van der Waals surface area (Å²) in [5.41, 5.74) is 0. The van der Waals surface area contributed by atoms with Crippen LogP contribution in [0.25, 0.3) is 0 Å². The summed E-state index contributed by atoms with van der Waals surface area (Å²) in [7, 11) is -2.17. The van der Waals surface area contributed by atoms with E-state index >= 15 is 0 Å². The highest BCUT2D eigenvalue weighted by atomic mass is 16.5. The van der Waals surface area contributed by atoms with Crippen LogP contribution in [-0.2, 0) is 0 Å². The molecule has 0 saturated carbocycles. The summed E-state index contributed by atoms with van der Waals surface area (Å²) in [5, 5.41) is 24.8. The van der Waals surface area contributed by atoms with Gasteiger partial charge in [-0.15, -0.1) is 0 Å².